The second-order valence-electron chi connectivity index (χ2n) is 10.1. The van der Waals surface area contributed by atoms with Crippen molar-refractivity contribution in [1.29, 1.82) is 0 Å². The zero-order valence-electron chi connectivity index (χ0n) is 21.8. The highest BCUT2D eigenvalue weighted by Gasteiger charge is 1.98. The molecule has 0 aliphatic heterocycles. The van der Waals surface area contributed by atoms with Crippen LogP contribution in [-0.4, -0.2) is 15.3 Å². The number of thiol groups is 1. The molecule has 0 radical (unpaired) electrons. The van der Waals surface area contributed by atoms with Crippen LogP contribution in [0.25, 0.3) is 0 Å². The predicted octanol–water partition coefficient (Wildman–Crippen LogP) is 10.9. The Balaban J connectivity index is 3.02. The van der Waals surface area contributed by atoms with Gasteiger partial charge in [-0.05, 0) is 19.3 Å². The monoisotopic (exact) mass is 500 g/mol. The molecule has 2 nitrogen and oxygen atoms in total. The van der Waals surface area contributed by atoms with E-state index in [1.54, 1.807) is 0 Å². The number of thiocarbonyl (C=S) groups is 1. The van der Waals surface area contributed by atoms with Gasteiger partial charge < -0.3 is 5.11 Å². The standard InChI is InChI=1S/C29H56O2S2/c30-28(31)26-24-22-20-18-16-14-12-10-8-6-4-2-1-3-5-7-9-11-13-15-17-19-21-23-25-27-29(32)33/h1-27H2,(H,30,31)(H,32,33). The summed E-state index contributed by atoms with van der Waals surface area (Å²) in [7, 11) is 0. The maximum Gasteiger partial charge on any atom is 0.303 e. The molecule has 0 amide bonds. The third-order valence-corrected chi connectivity index (χ3v) is 7.21. The fourth-order valence-corrected chi connectivity index (χ4v) is 4.92. The van der Waals surface area contributed by atoms with Crippen molar-refractivity contribution in [3.05, 3.63) is 0 Å². The average Bonchev–Trinajstić information content (AvgIpc) is 2.78. The molecular weight excluding hydrogens is 444 g/mol. The fourth-order valence-electron chi connectivity index (χ4n) is 4.62. The first-order chi connectivity index (χ1) is 16.1. The van der Waals surface area contributed by atoms with Gasteiger partial charge in [-0.15, -0.1) is 12.6 Å². The summed E-state index contributed by atoms with van der Waals surface area (Å²) in [4.78, 5) is 10.4. The summed E-state index contributed by atoms with van der Waals surface area (Å²) in [6.45, 7) is 0. The van der Waals surface area contributed by atoms with Crippen molar-refractivity contribution < 1.29 is 9.90 Å². The minimum Gasteiger partial charge on any atom is -0.481 e. The van der Waals surface area contributed by atoms with Crippen molar-refractivity contribution in [2.24, 2.45) is 0 Å². The molecule has 4 heteroatoms. The van der Waals surface area contributed by atoms with Crippen molar-refractivity contribution in [2.75, 3.05) is 0 Å². The number of hydrogen-bond donors (Lipinski definition) is 2. The molecular formula is C29H56O2S2. The van der Waals surface area contributed by atoms with Crippen molar-refractivity contribution in [2.45, 2.75) is 173 Å². The largest absolute Gasteiger partial charge is 0.481 e. The molecule has 0 unspecified atom stereocenters. The zero-order valence-corrected chi connectivity index (χ0v) is 23.5. The van der Waals surface area contributed by atoms with Crippen LogP contribution in [0.5, 0.6) is 0 Å². The molecule has 0 saturated carbocycles. The highest BCUT2D eigenvalue weighted by molar-refractivity contribution is 8.11. The minimum atomic E-state index is -0.652. The van der Waals surface area contributed by atoms with E-state index < -0.39 is 5.97 Å². The highest BCUT2D eigenvalue weighted by atomic mass is 32.1. The smallest absolute Gasteiger partial charge is 0.303 e. The van der Waals surface area contributed by atoms with Gasteiger partial charge in [0, 0.05) is 10.6 Å². The Kier molecular flexibility index (Phi) is 28.1. The summed E-state index contributed by atoms with van der Waals surface area (Å²) < 4.78 is 0.869. The lowest BCUT2D eigenvalue weighted by Gasteiger charge is -2.04. The predicted molar refractivity (Wildman–Crippen MR) is 154 cm³/mol. The van der Waals surface area contributed by atoms with Gasteiger partial charge >= 0.3 is 5.97 Å². The Hall–Kier alpha value is -0.0900. The topological polar surface area (TPSA) is 37.3 Å². The molecule has 0 atom stereocenters. The maximum atomic E-state index is 10.4. The number of carbonyl (C=O) groups is 1. The normalized spacial score (nSPS) is 11.2. The molecule has 0 bridgehead atoms. The zero-order chi connectivity index (χ0) is 24.2. The average molecular weight is 501 g/mol. The van der Waals surface area contributed by atoms with E-state index in [0.717, 1.165) is 23.5 Å². The van der Waals surface area contributed by atoms with Crippen LogP contribution >= 0.6 is 24.8 Å². The number of unbranched alkanes of at least 4 members (excludes halogenated alkanes) is 24. The minimum absolute atomic E-state index is 0.342. The third kappa shape index (κ3) is 31.9. The van der Waals surface area contributed by atoms with Crippen LogP contribution < -0.4 is 0 Å². The molecule has 196 valence electrons. The van der Waals surface area contributed by atoms with Gasteiger partial charge in [-0.1, -0.05) is 160 Å². The molecule has 0 aromatic rings. The van der Waals surface area contributed by atoms with E-state index in [2.05, 4.69) is 12.6 Å². The van der Waals surface area contributed by atoms with Crippen molar-refractivity contribution in [3.63, 3.8) is 0 Å². The van der Waals surface area contributed by atoms with E-state index in [4.69, 9.17) is 17.3 Å². The molecule has 0 heterocycles. The van der Waals surface area contributed by atoms with Crippen LogP contribution in [-0.2, 0) is 4.79 Å². The lowest BCUT2D eigenvalue weighted by atomic mass is 10.0. The molecule has 0 aliphatic carbocycles. The first-order valence-electron chi connectivity index (χ1n) is 14.6. The Morgan fingerprint density at radius 3 is 0.788 bits per heavy atom. The first kappa shape index (κ1) is 32.9. The molecule has 0 rings (SSSR count). The molecule has 0 aromatic carbocycles. The second-order valence-corrected chi connectivity index (χ2v) is 11.5. The van der Waals surface area contributed by atoms with E-state index >= 15 is 0 Å². The van der Waals surface area contributed by atoms with Gasteiger partial charge in [0.15, 0.2) is 0 Å². The van der Waals surface area contributed by atoms with Crippen molar-refractivity contribution in [1.82, 2.24) is 0 Å². The summed E-state index contributed by atoms with van der Waals surface area (Å²) in [6, 6.07) is 0. The van der Waals surface area contributed by atoms with E-state index in [9.17, 15) is 4.79 Å². The maximum absolute atomic E-state index is 10.4. The van der Waals surface area contributed by atoms with Gasteiger partial charge in [0.25, 0.3) is 0 Å². The fraction of sp³-hybridized carbons (Fsp3) is 0.931. The Bertz CT molecular complexity index is 388. The number of rotatable bonds is 28. The molecule has 0 spiro atoms. The van der Waals surface area contributed by atoms with Crippen molar-refractivity contribution >= 4 is 35.0 Å². The number of hydrogen-bond acceptors (Lipinski definition) is 2. The second kappa shape index (κ2) is 28.1. The van der Waals surface area contributed by atoms with Crippen molar-refractivity contribution in [3.8, 4) is 0 Å². The molecule has 0 fully saturated rings. The Labute approximate surface area is 217 Å². The molecule has 1 N–H and O–H groups in total. The van der Waals surface area contributed by atoms with Gasteiger partial charge in [0.1, 0.15) is 0 Å². The summed E-state index contributed by atoms with van der Waals surface area (Å²) >= 11 is 9.17. The molecule has 0 aliphatic rings. The van der Waals surface area contributed by atoms with Crippen LogP contribution in [0.3, 0.4) is 0 Å². The van der Waals surface area contributed by atoms with E-state index in [-0.39, 0.29) is 0 Å². The van der Waals surface area contributed by atoms with Gasteiger partial charge in [0.2, 0.25) is 0 Å². The van der Waals surface area contributed by atoms with E-state index in [1.807, 2.05) is 0 Å². The van der Waals surface area contributed by atoms with Gasteiger partial charge in [-0.25, -0.2) is 0 Å². The lowest BCUT2D eigenvalue weighted by molar-refractivity contribution is -0.137. The molecule has 33 heavy (non-hydrogen) atoms. The van der Waals surface area contributed by atoms with Crippen LogP contribution in [0.1, 0.15) is 173 Å². The highest BCUT2D eigenvalue weighted by Crippen LogP contribution is 2.16. The summed E-state index contributed by atoms with van der Waals surface area (Å²) in [5.74, 6) is -0.652. The SMILES string of the molecule is O=C(O)CCCCCCCCCCCCCCCCCCCCCCCCCCCC(=S)S. The summed E-state index contributed by atoms with van der Waals surface area (Å²) in [5, 5.41) is 8.61. The van der Waals surface area contributed by atoms with E-state index in [0.29, 0.717) is 6.42 Å². The Morgan fingerprint density at radius 1 is 0.424 bits per heavy atom. The third-order valence-electron chi connectivity index (χ3n) is 6.78. The number of carboxylic acids is 1. The quantitative estimate of drug-likeness (QED) is 0.0637. The summed E-state index contributed by atoms with van der Waals surface area (Å²) in [5.41, 5.74) is 0. The van der Waals surface area contributed by atoms with Crippen LogP contribution in [0.4, 0.5) is 0 Å². The number of aliphatic carboxylic acids is 1. The van der Waals surface area contributed by atoms with Crippen LogP contribution in [0.2, 0.25) is 0 Å². The first-order valence-corrected chi connectivity index (χ1v) is 15.4. The van der Waals surface area contributed by atoms with Crippen LogP contribution in [0, 0.1) is 0 Å². The van der Waals surface area contributed by atoms with Gasteiger partial charge in [-0.2, -0.15) is 0 Å². The number of carboxylic acid groups (broad SMARTS) is 1. The Morgan fingerprint density at radius 2 is 0.606 bits per heavy atom. The van der Waals surface area contributed by atoms with E-state index in [1.165, 1.54) is 148 Å². The molecule has 0 aromatic heterocycles. The lowest BCUT2D eigenvalue weighted by Crippen LogP contribution is -1.93. The van der Waals surface area contributed by atoms with Gasteiger partial charge in [-0.3, -0.25) is 4.79 Å². The summed E-state index contributed by atoms with van der Waals surface area (Å²) in [6.07, 6.45) is 35.3. The molecule has 0 saturated heterocycles. The van der Waals surface area contributed by atoms with Crippen LogP contribution in [0.15, 0.2) is 0 Å². The van der Waals surface area contributed by atoms with Gasteiger partial charge in [0.05, 0.1) is 0 Å².